The summed E-state index contributed by atoms with van der Waals surface area (Å²) in [4.78, 5) is -0.306. The Kier molecular flexibility index (Phi) is 5.01. The van der Waals surface area contributed by atoms with E-state index < -0.39 is 21.4 Å². The molecule has 0 unspecified atom stereocenters. The minimum Gasteiger partial charge on any atom is -0.324 e. The molecule has 21 heavy (non-hydrogen) atoms. The third-order valence-electron chi connectivity index (χ3n) is 4.09. The van der Waals surface area contributed by atoms with Crippen molar-refractivity contribution in [2.75, 3.05) is 6.54 Å². The summed E-state index contributed by atoms with van der Waals surface area (Å²) in [7, 11) is -3.87. The largest absolute Gasteiger partial charge is 0.324 e. The Bertz CT molecular complexity index is 594. The Morgan fingerprint density at radius 3 is 2.48 bits per heavy atom. The Morgan fingerprint density at radius 1 is 1.24 bits per heavy atom. The number of aryl methyl sites for hydroxylation is 1. The first kappa shape index (κ1) is 16.4. The number of halogens is 1. The Balaban J connectivity index is 2.12. The van der Waals surface area contributed by atoms with Crippen LogP contribution in [0.25, 0.3) is 0 Å². The second-order valence-corrected chi connectivity index (χ2v) is 7.77. The fourth-order valence-electron chi connectivity index (χ4n) is 2.74. The fraction of sp³-hybridized carbons (Fsp3) is 0.600. The van der Waals surface area contributed by atoms with E-state index in [1.54, 1.807) is 13.0 Å². The fourth-order valence-corrected chi connectivity index (χ4v) is 4.04. The lowest BCUT2D eigenvalue weighted by molar-refractivity contribution is 0.368. The molecule has 0 radical (unpaired) electrons. The zero-order chi connectivity index (χ0) is 15.5. The van der Waals surface area contributed by atoms with E-state index >= 15 is 0 Å². The van der Waals surface area contributed by atoms with Gasteiger partial charge in [-0.1, -0.05) is 31.7 Å². The number of benzene rings is 1. The summed E-state index contributed by atoms with van der Waals surface area (Å²) in [5.74, 6) is -0.736. The van der Waals surface area contributed by atoms with Crippen LogP contribution in [0.15, 0.2) is 23.1 Å². The molecule has 1 aliphatic rings. The molecule has 0 amide bonds. The van der Waals surface area contributed by atoms with Gasteiger partial charge in [-0.15, -0.1) is 0 Å². The van der Waals surface area contributed by atoms with Gasteiger partial charge in [-0.05, 0) is 37.5 Å². The van der Waals surface area contributed by atoms with Crippen molar-refractivity contribution >= 4 is 10.0 Å². The lowest BCUT2D eigenvalue weighted by Gasteiger charge is -2.28. The third kappa shape index (κ3) is 4.25. The first-order chi connectivity index (χ1) is 9.82. The van der Waals surface area contributed by atoms with Crippen molar-refractivity contribution in [2.24, 2.45) is 5.73 Å². The topological polar surface area (TPSA) is 72.2 Å². The molecule has 0 bridgehead atoms. The predicted octanol–water partition coefficient (Wildman–Crippen LogP) is 2.46. The predicted molar refractivity (Wildman–Crippen MR) is 80.9 cm³/mol. The molecule has 1 saturated carbocycles. The molecule has 4 nitrogen and oxygen atoms in total. The first-order valence-corrected chi connectivity index (χ1v) is 8.85. The maximum Gasteiger partial charge on any atom is 0.243 e. The van der Waals surface area contributed by atoms with Crippen LogP contribution in [0.1, 0.15) is 44.1 Å². The maximum atomic E-state index is 13.7. The van der Waals surface area contributed by atoms with E-state index in [0.29, 0.717) is 5.56 Å². The highest BCUT2D eigenvalue weighted by Gasteiger charge is 2.29. The van der Waals surface area contributed by atoms with Gasteiger partial charge in [0.25, 0.3) is 0 Å². The van der Waals surface area contributed by atoms with Gasteiger partial charge in [0.1, 0.15) is 10.7 Å². The van der Waals surface area contributed by atoms with Crippen LogP contribution in [0.5, 0.6) is 0 Å². The molecular formula is C15H23FN2O2S. The van der Waals surface area contributed by atoms with Gasteiger partial charge in [-0.3, -0.25) is 0 Å². The van der Waals surface area contributed by atoms with Crippen molar-refractivity contribution in [3.8, 4) is 0 Å². The van der Waals surface area contributed by atoms with Gasteiger partial charge >= 0.3 is 0 Å². The number of nitrogens with one attached hydrogen (secondary N) is 1. The van der Waals surface area contributed by atoms with Crippen LogP contribution < -0.4 is 10.5 Å². The van der Waals surface area contributed by atoms with E-state index in [1.807, 2.05) is 0 Å². The Morgan fingerprint density at radius 2 is 1.86 bits per heavy atom. The van der Waals surface area contributed by atoms with E-state index in [4.69, 9.17) is 5.73 Å². The van der Waals surface area contributed by atoms with E-state index in [-0.39, 0.29) is 11.4 Å². The van der Waals surface area contributed by atoms with Crippen molar-refractivity contribution in [1.82, 2.24) is 4.72 Å². The number of hydrogen-bond acceptors (Lipinski definition) is 3. The number of nitrogens with two attached hydrogens (primary N) is 1. The molecule has 2 rings (SSSR count). The minimum atomic E-state index is -3.87. The van der Waals surface area contributed by atoms with Crippen LogP contribution >= 0.6 is 0 Å². The molecule has 0 heterocycles. The molecule has 0 spiro atoms. The van der Waals surface area contributed by atoms with E-state index in [1.165, 1.54) is 12.1 Å². The second-order valence-electron chi connectivity index (χ2n) is 6.04. The van der Waals surface area contributed by atoms with Crippen LogP contribution in [0, 0.1) is 12.7 Å². The molecule has 1 aromatic rings. The van der Waals surface area contributed by atoms with Crippen molar-refractivity contribution in [3.05, 3.63) is 29.6 Å². The van der Waals surface area contributed by atoms with Gasteiger partial charge in [0.15, 0.2) is 0 Å². The van der Waals surface area contributed by atoms with Gasteiger partial charge in [0, 0.05) is 12.1 Å². The minimum absolute atomic E-state index is 0.155. The number of rotatable bonds is 4. The highest BCUT2D eigenvalue weighted by molar-refractivity contribution is 7.89. The maximum absolute atomic E-state index is 13.7. The van der Waals surface area contributed by atoms with Crippen LogP contribution in [0.3, 0.4) is 0 Å². The van der Waals surface area contributed by atoms with Crippen molar-refractivity contribution < 1.29 is 12.8 Å². The average Bonchev–Trinajstić information content (AvgIpc) is 2.65. The van der Waals surface area contributed by atoms with Crippen LogP contribution in [-0.4, -0.2) is 20.5 Å². The summed E-state index contributed by atoms with van der Waals surface area (Å²) in [5, 5.41) is 0. The molecule has 3 N–H and O–H groups in total. The molecule has 118 valence electrons. The molecule has 0 aromatic heterocycles. The van der Waals surface area contributed by atoms with Gasteiger partial charge in [0.05, 0.1) is 0 Å². The Hall–Kier alpha value is -0.980. The summed E-state index contributed by atoms with van der Waals surface area (Å²) >= 11 is 0. The quantitative estimate of drug-likeness (QED) is 0.839. The van der Waals surface area contributed by atoms with E-state index in [2.05, 4.69) is 4.72 Å². The Labute approximate surface area is 126 Å². The molecule has 0 atom stereocenters. The van der Waals surface area contributed by atoms with Crippen LogP contribution in [-0.2, 0) is 10.0 Å². The zero-order valence-corrected chi connectivity index (χ0v) is 13.2. The van der Waals surface area contributed by atoms with Gasteiger partial charge < -0.3 is 5.73 Å². The standard InChI is InChI=1S/C15H23FN2O2S/c1-12-6-7-13(16)14(10-12)21(19,20)18-11-15(17)8-4-2-3-5-9-15/h6-7,10,18H,2-5,8-9,11,17H2,1H3. The third-order valence-corrected chi connectivity index (χ3v) is 5.51. The molecule has 1 aliphatic carbocycles. The average molecular weight is 314 g/mol. The van der Waals surface area contributed by atoms with Gasteiger partial charge in [0.2, 0.25) is 10.0 Å². The van der Waals surface area contributed by atoms with Crippen molar-refractivity contribution in [2.45, 2.75) is 55.9 Å². The summed E-state index contributed by atoms with van der Waals surface area (Å²) in [6.45, 7) is 1.89. The monoisotopic (exact) mass is 314 g/mol. The molecular weight excluding hydrogens is 291 g/mol. The number of hydrogen-bond donors (Lipinski definition) is 2. The molecule has 1 fully saturated rings. The first-order valence-electron chi connectivity index (χ1n) is 7.37. The summed E-state index contributed by atoms with van der Waals surface area (Å²) in [5.41, 5.74) is 6.47. The normalized spacial score (nSPS) is 19.2. The summed E-state index contributed by atoms with van der Waals surface area (Å²) in [6.07, 6.45) is 5.89. The summed E-state index contributed by atoms with van der Waals surface area (Å²) in [6, 6.07) is 4.06. The lowest BCUT2D eigenvalue weighted by atomic mass is 9.92. The summed E-state index contributed by atoms with van der Waals surface area (Å²) < 4.78 is 40.8. The SMILES string of the molecule is Cc1ccc(F)c(S(=O)(=O)NCC2(N)CCCCCC2)c1. The van der Waals surface area contributed by atoms with Crippen LogP contribution in [0.4, 0.5) is 4.39 Å². The zero-order valence-electron chi connectivity index (χ0n) is 12.4. The molecule has 0 saturated heterocycles. The molecule has 0 aliphatic heterocycles. The highest BCUT2D eigenvalue weighted by Crippen LogP contribution is 2.25. The van der Waals surface area contributed by atoms with Gasteiger partial charge in [-0.2, -0.15) is 0 Å². The highest BCUT2D eigenvalue weighted by atomic mass is 32.2. The molecule has 1 aromatic carbocycles. The van der Waals surface area contributed by atoms with E-state index in [9.17, 15) is 12.8 Å². The number of sulfonamides is 1. The van der Waals surface area contributed by atoms with Crippen molar-refractivity contribution in [3.63, 3.8) is 0 Å². The van der Waals surface area contributed by atoms with Crippen molar-refractivity contribution in [1.29, 1.82) is 0 Å². The molecule has 6 heteroatoms. The smallest absolute Gasteiger partial charge is 0.243 e. The second kappa shape index (κ2) is 6.42. The lowest BCUT2D eigenvalue weighted by Crippen LogP contribution is -2.49. The van der Waals surface area contributed by atoms with Crippen LogP contribution in [0.2, 0.25) is 0 Å². The van der Waals surface area contributed by atoms with Gasteiger partial charge in [-0.25, -0.2) is 17.5 Å². The van der Waals surface area contributed by atoms with E-state index in [0.717, 1.165) is 38.5 Å².